The van der Waals surface area contributed by atoms with Gasteiger partial charge in [0.05, 0.1) is 16.3 Å². The van der Waals surface area contributed by atoms with Crippen LogP contribution in [0.2, 0.25) is 0 Å². The van der Waals surface area contributed by atoms with Crippen LogP contribution in [0.15, 0.2) is 53.4 Å². The minimum Gasteiger partial charge on any atom is -0.312 e. The maximum atomic E-state index is 12.9. The van der Waals surface area contributed by atoms with Gasteiger partial charge in [-0.3, -0.25) is 9.10 Å². The summed E-state index contributed by atoms with van der Waals surface area (Å²) in [6.45, 7) is 1.64. The van der Waals surface area contributed by atoms with Gasteiger partial charge >= 0.3 is 0 Å². The number of carbonyl (C=O) groups excluding carboxylic acids is 1. The van der Waals surface area contributed by atoms with Gasteiger partial charge in [-0.25, -0.2) is 8.42 Å². The molecular formula is C16H16N2O3S. The minimum absolute atomic E-state index is 0.191. The first kappa shape index (κ1) is 14.6. The monoisotopic (exact) mass is 316 g/mol. The molecule has 2 aromatic rings. The molecule has 0 atom stereocenters. The number of amides is 1. The van der Waals surface area contributed by atoms with Crippen LogP contribution in [0.25, 0.3) is 0 Å². The van der Waals surface area contributed by atoms with E-state index < -0.39 is 10.0 Å². The highest BCUT2D eigenvalue weighted by Gasteiger charge is 2.34. The van der Waals surface area contributed by atoms with Crippen molar-refractivity contribution in [3.8, 4) is 0 Å². The number of carbonyl (C=O) groups is 1. The second kappa shape index (κ2) is 5.14. The SMILES string of the molecule is Cc1cccc(S(=O)(=O)N2CC(=O)N(C)c3ccccc32)c1. The Balaban J connectivity index is 2.16. The first-order valence-electron chi connectivity index (χ1n) is 6.86. The zero-order valence-electron chi connectivity index (χ0n) is 12.4. The molecule has 1 aliphatic rings. The summed E-state index contributed by atoms with van der Waals surface area (Å²) < 4.78 is 27.0. The molecule has 6 heteroatoms. The molecule has 1 aliphatic heterocycles. The molecule has 1 heterocycles. The Kier molecular flexibility index (Phi) is 3.41. The van der Waals surface area contributed by atoms with Gasteiger partial charge in [0.25, 0.3) is 10.0 Å². The van der Waals surface area contributed by atoms with Crippen LogP contribution >= 0.6 is 0 Å². The molecule has 2 aromatic carbocycles. The third kappa shape index (κ3) is 2.25. The van der Waals surface area contributed by atoms with E-state index in [1.807, 2.05) is 13.0 Å². The molecule has 0 saturated carbocycles. The van der Waals surface area contributed by atoms with Crippen molar-refractivity contribution in [3.63, 3.8) is 0 Å². The maximum absolute atomic E-state index is 12.9. The lowest BCUT2D eigenvalue weighted by Crippen LogP contribution is -2.46. The molecule has 1 amide bonds. The molecule has 0 bridgehead atoms. The molecule has 0 fully saturated rings. The van der Waals surface area contributed by atoms with Crippen molar-refractivity contribution in [1.29, 1.82) is 0 Å². The van der Waals surface area contributed by atoms with Crippen molar-refractivity contribution in [2.45, 2.75) is 11.8 Å². The quantitative estimate of drug-likeness (QED) is 0.853. The number of likely N-dealkylation sites (N-methyl/N-ethyl adjacent to an activating group) is 1. The fourth-order valence-electron chi connectivity index (χ4n) is 2.52. The van der Waals surface area contributed by atoms with E-state index in [9.17, 15) is 13.2 Å². The molecule has 0 saturated heterocycles. The van der Waals surface area contributed by atoms with Crippen molar-refractivity contribution in [1.82, 2.24) is 0 Å². The van der Waals surface area contributed by atoms with E-state index in [4.69, 9.17) is 0 Å². The number of sulfonamides is 1. The van der Waals surface area contributed by atoms with E-state index >= 15 is 0 Å². The van der Waals surface area contributed by atoms with Crippen molar-refractivity contribution < 1.29 is 13.2 Å². The first-order chi connectivity index (χ1) is 10.4. The topological polar surface area (TPSA) is 57.7 Å². The standard InChI is InChI=1S/C16H16N2O3S/c1-12-6-5-7-13(10-12)22(20,21)18-11-16(19)17(2)14-8-3-4-9-15(14)18/h3-10H,11H2,1-2H3. The molecule has 0 aliphatic carbocycles. The summed E-state index contributed by atoms with van der Waals surface area (Å²) in [6.07, 6.45) is 0. The normalized spacial score (nSPS) is 14.9. The van der Waals surface area contributed by atoms with Gasteiger partial charge < -0.3 is 4.90 Å². The zero-order valence-corrected chi connectivity index (χ0v) is 13.2. The van der Waals surface area contributed by atoms with Crippen LogP contribution < -0.4 is 9.21 Å². The number of fused-ring (bicyclic) bond motifs is 1. The smallest absolute Gasteiger partial charge is 0.264 e. The van der Waals surface area contributed by atoms with E-state index in [0.29, 0.717) is 11.4 Å². The fraction of sp³-hybridized carbons (Fsp3) is 0.188. The number of benzene rings is 2. The Morgan fingerprint density at radius 2 is 1.68 bits per heavy atom. The fourth-order valence-corrected chi connectivity index (χ4v) is 4.06. The highest BCUT2D eigenvalue weighted by molar-refractivity contribution is 7.92. The van der Waals surface area contributed by atoms with Crippen LogP contribution in [-0.2, 0) is 14.8 Å². The number of hydrogen-bond acceptors (Lipinski definition) is 3. The minimum atomic E-state index is -3.77. The van der Waals surface area contributed by atoms with Crippen LogP contribution in [-0.4, -0.2) is 27.9 Å². The van der Waals surface area contributed by atoms with E-state index in [1.165, 1.54) is 9.21 Å². The molecule has 0 unspecified atom stereocenters. The molecule has 3 rings (SSSR count). The van der Waals surface area contributed by atoms with Gasteiger partial charge in [-0.15, -0.1) is 0 Å². The van der Waals surface area contributed by atoms with Crippen LogP contribution in [0.5, 0.6) is 0 Å². The van der Waals surface area contributed by atoms with Crippen molar-refractivity contribution in [2.24, 2.45) is 0 Å². The van der Waals surface area contributed by atoms with Gasteiger partial charge in [-0.1, -0.05) is 24.3 Å². The summed E-state index contributed by atoms with van der Waals surface area (Å²) in [5, 5.41) is 0. The Morgan fingerprint density at radius 3 is 2.36 bits per heavy atom. The second-order valence-electron chi connectivity index (χ2n) is 5.27. The lowest BCUT2D eigenvalue weighted by atomic mass is 10.2. The first-order valence-corrected chi connectivity index (χ1v) is 8.30. The van der Waals surface area contributed by atoms with Crippen LogP contribution in [0.4, 0.5) is 11.4 Å². The highest BCUT2D eigenvalue weighted by atomic mass is 32.2. The molecule has 0 radical (unpaired) electrons. The number of aryl methyl sites for hydroxylation is 1. The summed E-state index contributed by atoms with van der Waals surface area (Å²) in [7, 11) is -2.12. The van der Waals surface area contributed by atoms with E-state index in [0.717, 1.165) is 5.56 Å². The number of anilines is 2. The molecule has 0 aromatic heterocycles. The molecular weight excluding hydrogens is 300 g/mol. The van der Waals surface area contributed by atoms with Gasteiger partial charge in [-0.2, -0.15) is 0 Å². The molecule has 0 N–H and O–H groups in total. The average molecular weight is 316 g/mol. The lowest BCUT2D eigenvalue weighted by molar-refractivity contribution is -0.117. The number of hydrogen-bond donors (Lipinski definition) is 0. The third-order valence-corrected chi connectivity index (χ3v) is 5.50. The van der Waals surface area contributed by atoms with E-state index in [-0.39, 0.29) is 17.3 Å². The predicted octanol–water partition coefficient (Wildman–Crippen LogP) is 2.17. The summed E-state index contributed by atoms with van der Waals surface area (Å²) in [6, 6.07) is 13.7. The van der Waals surface area contributed by atoms with Gasteiger partial charge in [-0.05, 0) is 36.8 Å². The second-order valence-corrected chi connectivity index (χ2v) is 7.13. The molecule has 5 nitrogen and oxygen atoms in total. The number of para-hydroxylation sites is 2. The van der Waals surface area contributed by atoms with Gasteiger partial charge in [0, 0.05) is 7.05 Å². The lowest BCUT2D eigenvalue weighted by Gasteiger charge is -2.34. The van der Waals surface area contributed by atoms with Crippen molar-refractivity contribution >= 4 is 27.3 Å². The molecule has 22 heavy (non-hydrogen) atoms. The average Bonchev–Trinajstić information content (AvgIpc) is 2.51. The Bertz CT molecular complexity index is 846. The van der Waals surface area contributed by atoms with Crippen molar-refractivity contribution in [3.05, 3.63) is 54.1 Å². The summed E-state index contributed by atoms with van der Waals surface area (Å²) >= 11 is 0. The number of rotatable bonds is 2. The Hall–Kier alpha value is -2.34. The maximum Gasteiger partial charge on any atom is 0.264 e. The number of nitrogens with zero attached hydrogens (tertiary/aromatic N) is 2. The largest absolute Gasteiger partial charge is 0.312 e. The van der Waals surface area contributed by atoms with E-state index in [2.05, 4.69) is 0 Å². The summed E-state index contributed by atoms with van der Waals surface area (Å²) in [5.41, 5.74) is 1.97. The van der Waals surface area contributed by atoms with Crippen LogP contribution in [0.3, 0.4) is 0 Å². The Morgan fingerprint density at radius 1 is 1.00 bits per heavy atom. The van der Waals surface area contributed by atoms with E-state index in [1.54, 1.807) is 49.5 Å². The van der Waals surface area contributed by atoms with Gasteiger partial charge in [0.15, 0.2) is 0 Å². The van der Waals surface area contributed by atoms with Crippen LogP contribution in [0.1, 0.15) is 5.56 Å². The highest BCUT2D eigenvalue weighted by Crippen LogP contribution is 2.35. The van der Waals surface area contributed by atoms with Gasteiger partial charge in [0.1, 0.15) is 6.54 Å². The van der Waals surface area contributed by atoms with Crippen molar-refractivity contribution in [2.75, 3.05) is 22.8 Å². The van der Waals surface area contributed by atoms with Gasteiger partial charge in [0.2, 0.25) is 5.91 Å². The third-order valence-electron chi connectivity index (χ3n) is 3.74. The summed E-state index contributed by atoms with van der Waals surface area (Å²) in [4.78, 5) is 13.8. The molecule has 0 spiro atoms. The Labute approximate surface area is 129 Å². The van der Waals surface area contributed by atoms with Crippen LogP contribution in [0, 0.1) is 6.92 Å². The zero-order chi connectivity index (χ0) is 15.9. The predicted molar refractivity (Wildman–Crippen MR) is 85.6 cm³/mol. The summed E-state index contributed by atoms with van der Waals surface area (Å²) in [5.74, 6) is -0.255. The molecule has 114 valence electrons.